The van der Waals surface area contributed by atoms with Crippen LogP contribution in [-0.4, -0.2) is 25.4 Å². The molecule has 0 radical (unpaired) electrons. The lowest BCUT2D eigenvalue weighted by atomic mass is 9.93. The number of halogens is 1. The summed E-state index contributed by atoms with van der Waals surface area (Å²) >= 11 is 6.08. The minimum absolute atomic E-state index is 0.409. The summed E-state index contributed by atoms with van der Waals surface area (Å²) in [4.78, 5) is 0. The highest BCUT2D eigenvalue weighted by atomic mass is 35.5. The molecule has 0 amide bonds. The van der Waals surface area contributed by atoms with Crippen molar-refractivity contribution in [3.8, 4) is 17.6 Å². The summed E-state index contributed by atoms with van der Waals surface area (Å²) in [6.45, 7) is 7.51. The molecular weight excluding hydrogens is 348 g/mol. The topological polar surface area (TPSA) is 27.7 Å². The van der Waals surface area contributed by atoms with E-state index in [4.69, 9.17) is 25.8 Å². The maximum absolute atomic E-state index is 6.08. The maximum atomic E-state index is 6.08. The van der Waals surface area contributed by atoms with Crippen LogP contribution < -0.4 is 4.74 Å². The molecule has 0 heterocycles. The Morgan fingerprint density at radius 2 is 2.04 bits per heavy atom. The lowest BCUT2D eigenvalue weighted by molar-refractivity contribution is 0.0301. The first-order valence-electron chi connectivity index (χ1n) is 8.81. The van der Waals surface area contributed by atoms with Crippen LogP contribution in [0.25, 0.3) is 0 Å². The SMILES string of the molecule is CCOC1=CC=CC(C#CC(C)=CCOc2ccccc2Cl)(OCC)C1. The number of benzene rings is 1. The van der Waals surface area contributed by atoms with Crippen molar-refractivity contribution in [2.24, 2.45) is 0 Å². The lowest BCUT2D eigenvalue weighted by Gasteiger charge is -2.28. The molecule has 0 spiro atoms. The van der Waals surface area contributed by atoms with Gasteiger partial charge < -0.3 is 14.2 Å². The van der Waals surface area contributed by atoms with Crippen LogP contribution in [0.5, 0.6) is 5.75 Å². The Bertz CT molecular complexity index is 752. The zero-order valence-corrected chi connectivity index (χ0v) is 16.3. The minimum atomic E-state index is -0.646. The van der Waals surface area contributed by atoms with Crippen LogP contribution in [0.3, 0.4) is 0 Å². The number of rotatable bonds is 7. The van der Waals surface area contributed by atoms with Gasteiger partial charge in [0.1, 0.15) is 18.1 Å². The van der Waals surface area contributed by atoms with Gasteiger partial charge in [0.15, 0.2) is 5.60 Å². The number of ether oxygens (including phenoxy) is 3. The van der Waals surface area contributed by atoms with Crippen molar-refractivity contribution < 1.29 is 14.2 Å². The van der Waals surface area contributed by atoms with Crippen LogP contribution in [0.1, 0.15) is 27.2 Å². The first-order valence-corrected chi connectivity index (χ1v) is 9.18. The van der Waals surface area contributed by atoms with E-state index in [9.17, 15) is 0 Å². The quantitative estimate of drug-likeness (QED) is 0.606. The van der Waals surface area contributed by atoms with Crippen molar-refractivity contribution in [1.82, 2.24) is 0 Å². The Balaban J connectivity index is 2.03. The average Bonchev–Trinajstić information content (AvgIpc) is 2.63. The molecule has 1 unspecified atom stereocenters. The Labute approximate surface area is 161 Å². The molecule has 138 valence electrons. The molecular formula is C22H25ClO3. The zero-order valence-electron chi connectivity index (χ0n) is 15.5. The highest BCUT2D eigenvalue weighted by Crippen LogP contribution is 2.27. The number of allylic oxidation sites excluding steroid dienone is 3. The Morgan fingerprint density at radius 3 is 2.77 bits per heavy atom. The number of para-hydroxylation sites is 1. The van der Waals surface area contributed by atoms with Crippen LogP contribution in [-0.2, 0) is 9.47 Å². The molecule has 1 aliphatic carbocycles. The normalized spacial score (nSPS) is 19.4. The van der Waals surface area contributed by atoms with Gasteiger partial charge in [0.05, 0.1) is 11.6 Å². The third-order valence-corrected chi connectivity index (χ3v) is 4.06. The van der Waals surface area contributed by atoms with Crippen LogP contribution in [0.4, 0.5) is 0 Å². The molecule has 26 heavy (non-hydrogen) atoms. The summed E-state index contributed by atoms with van der Waals surface area (Å²) < 4.78 is 17.2. The summed E-state index contributed by atoms with van der Waals surface area (Å²) in [7, 11) is 0. The fourth-order valence-corrected chi connectivity index (χ4v) is 2.71. The predicted molar refractivity (Wildman–Crippen MR) is 106 cm³/mol. The smallest absolute Gasteiger partial charge is 0.154 e. The van der Waals surface area contributed by atoms with E-state index < -0.39 is 5.60 Å². The predicted octanol–water partition coefficient (Wildman–Crippen LogP) is 5.32. The van der Waals surface area contributed by atoms with Gasteiger partial charge >= 0.3 is 0 Å². The van der Waals surface area contributed by atoms with Gasteiger partial charge in [-0.1, -0.05) is 41.7 Å². The molecule has 0 saturated heterocycles. The van der Waals surface area contributed by atoms with E-state index >= 15 is 0 Å². The first kappa shape index (κ1) is 20.2. The molecule has 0 N–H and O–H groups in total. The largest absolute Gasteiger partial charge is 0.498 e. The molecule has 0 aliphatic heterocycles. The van der Waals surface area contributed by atoms with Crippen molar-refractivity contribution in [2.45, 2.75) is 32.8 Å². The summed E-state index contributed by atoms with van der Waals surface area (Å²) in [5, 5.41) is 0.600. The van der Waals surface area contributed by atoms with Gasteiger partial charge in [-0.05, 0) is 56.7 Å². The van der Waals surface area contributed by atoms with Gasteiger partial charge in [-0.25, -0.2) is 0 Å². The summed E-state index contributed by atoms with van der Waals surface area (Å²) in [5.74, 6) is 7.99. The molecule has 2 rings (SSSR count). The van der Waals surface area contributed by atoms with Crippen LogP contribution in [0.15, 0.2) is 59.9 Å². The van der Waals surface area contributed by atoms with Gasteiger partial charge in [0.25, 0.3) is 0 Å². The van der Waals surface area contributed by atoms with Gasteiger partial charge in [-0.3, -0.25) is 0 Å². The third-order valence-electron chi connectivity index (χ3n) is 3.75. The molecule has 1 atom stereocenters. The number of hydrogen-bond acceptors (Lipinski definition) is 3. The second-order valence-corrected chi connectivity index (χ2v) is 6.21. The molecule has 1 aromatic carbocycles. The van der Waals surface area contributed by atoms with Gasteiger partial charge in [-0.15, -0.1) is 0 Å². The number of hydrogen-bond donors (Lipinski definition) is 0. The van der Waals surface area contributed by atoms with E-state index in [1.54, 1.807) is 6.07 Å². The minimum Gasteiger partial charge on any atom is -0.498 e. The standard InChI is InChI=1S/C22H25ClO3/c1-4-24-19-9-8-14-22(17-19,26-5-2)15-12-18(3)13-16-25-21-11-7-6-10-20(21)23/h6-11,13-14H,4-5,16-17H2,1-3H3. The fourth-order valence-electron chi connectivity index (χ4n) is 2.52. The van der Waals surface area contributed by atoms with Gasteiger partial charge in [0.2, 0.25) is 0 Å². The second kappa shape index (κ2) is 10.1. The second-order valence-electron chi connectivity index (χ2n) is 5.80. The highest BCUT2D eigenvalue weighted by Gasteiger charge is 2.29. The Hall–Kier alpha value is -2.15. The van der Waals surface area contributed by atoms with E-state index in [1.807, 2.05) is 63.3 Å². The van der Waals surface area contributed by atoms with E-state index in [0.717, 1.165) is 11.3 Å². The third kappa shape index (κ3) is 5.98. The monoisotopic (exact) mass is 372 g/mol. The van der Waals surface area contributed by atoms with Gasteiger partial charge in [0, 0.05) is 13.0 Å². The molecule has 0 aromatic heterocycles. The summed E-state index contributed by atoms with van der Waals surface area (Å²) in [5.41, 5.74) is 0.268. The molecule has 1 aliphatic rings. The first-order chi connectivity index (χ1) is 12.6. The van der Waals surface area contributed by atoms with E-state index in [1.165, 1.54) is 0 Å². The highest BCUT2D eigenvalue weighted by molar-refractivity contribution is 6.32. The van der Waals surface area contributed by atoms with E-state index in [2.05, 4.69) is 11.8 Å². The van der Waals surface area contributed by atoms with Gasteiger partial charge in [-0.2, -0.15) is 0 Å². The van der Waals surface area contributed by atoms with Crippen LogP contribution >= 0.6 is 11.6 Å². The molecule has 3 nitrogen and oxygen atoms in total. The molecule has 0 saturated carbocycles. The molecule has 4 heteroatoms. The van der Waals surface area contributed by atoms with Crippen molar-refractivity contribution >= 4 is 11.6 Å². The summed E-state index contributed by atoms with van der Waals surface area (Å²) in [6, 6.07) is 7.41. The van der Waals surface area contributed by atoms with E-state index in [-0.39, 0.29) is 0 Å². The average molecular weight is 373 g/mol. The fraction of sp³-hybridized carbons (Fsp3) is 0.364. The van der Waals surface area contributed by atoms with E-state index in [0.29, 0.717) is 37.0 Å². The van der Waals surface area contributed by atoms with Crippen molar-refractivity contribution in [3.05, 3.63) is 64.9 Å². The summed E-state index contributed by atoms with van der Waals surface area (Å²) in [6.07, 6.45) is 8.43. The zero-order chi connectivity index (χ0) is 18.8. The van der Waals surface area contributed by atoms with Crippen molar-refractivity contribution in [3.63, 3.8) is 0 Å². The lowest BCUT2D eigenvalue weighted by Crippen LogP contribution is -2.31. The Morgan fingerprint density at radius 1 is 1.23 bits per heavy atom. The maximum Gasteiger partial charge on any atom is 0.154 e. The molecule has 1 aromatic rings. The Kier molecular flexibility index (Phi) is 7.84. The van der Waals surface area contributed by atoms with Crippen LogP contribution in [0, 0.1) is 11.8 Å². The van der Waals surface area contributed by atoms with Crippen molar-refractivity contribution in [2.75, 3.05) is 19.8 Å². The van der Waals surface area contributed by atoms with Crippen LogP contribution in [0.2, 0.25) is 5.02 Å². The van der Waals surface area contributed by atoms with Crippen molar-refractivity contribution in [1.29, 1.82) is 0 Å². The molecule has 0 fully saturated rings. The molecule has 0 bridgehead atoms.